The van der Waals surface area contributed by atoms with E-state index < -0.39 is 0 Å². The third-order valence-electron chi connectivity index (χ3n) is 2.29. The molecule has 0 spiro atoms. The Hall–Kier alpha value is -0.940. The first-order valence-corrected chi connectivity index (χ1v) is 5.27. The van der Waals surface area contributed by atoms with Gasteiger partial charge < -0.3 is 9.84 Å². The number of carbonyl (C=O) groups excluding carboxylic acids is 2. The number of amides is 2. The normalized spacial score (nSPS) is 17.3. The minimum absolute atomic E-state index is 0.00156. The van der Waals surface area contributed by atoms with Crippen LogP contribution >= 0.6 is 0 Å². The zero-order chi connectivity index (χ0) is 11.1. The Morgan fingerprint density at radius 2 is 1.87 bits per heavy atom. The number of hydrogen-bond donors (Lipinski definition) is 1. The van der Waals surface area contributed by atoms with E-state index >= 15 is 0 Å². The maximum atomic E-state index is 11.3. The first-order chi connectivity index (χ1) is 7.25. The minimum Gasteiger partial charge on any atom is -0.394 e. The van der Waals surface area contributed by atoms with Crippen molar-refractivity contribution >= 4 is 11.8 Å². The topological polar surface area (TPSA) is 66.8 Å². The molecule has 0 bridgehead atoms. The lowest BCUT2D eigenvalue weighted by Gasteiger charge is -2.24. The van der Waals surface area contributed by atoms with Gasteiger partial charge in [-0.15, -0.1) is 0 Å². The van der Waals surface area contributed by atoms with Crippen LogP contribution in [0.25, 0.3) is 0 Å². The molecule has 0 aromatic rings. The maximum Gasteiger partial charge on any atom is 0.229 e. The fourth-order valence-corrected chi connectivity index (χ4v) is 1.54. The van der Waals surface area contributed by atoms with Gasteiger partial charge in [0, 0.05) is 26.0 Å². The predicted octanol–water partition coefficient (Wildman–Crippen LogP) is -0.0755. The smallest absolute Gasteiger partial charge is 0.229 e. The van der Waals surface area contributed by atoms with Gasteiger partial charge in [0.05, 0.1) is 13.2 Å². The number of aliphatic hydroxyl groups excluding tert-OH is 1. The van der Waals surface area contributed by atoms with Gasteiger partial charge in [-0.1, -0.05) is 0 Å². The predicted molar refractivity (Wildman–Crippen MR) is 53.1 cm³/mol. The molecule has 0 radical (unpaired) electrons. The van der Waals surface area contributed by atoms with Crippen molar-refractivity contribution in [2.45, 2.75) is 25.7 Å². The highest BCUT2D eigenvalue weighted by Crippen LogP contribution is 2.12. The molecule has 0 atom stereocenters. The van der Waals surface area contributed by atoms with Gasteiger partial charge >= 0.3 is 0 Å². The summed E-state index contributed by atoms with van der Waals surface area (Å²) in [5.41, 5.74) is 0. The zero-order valence-corrected chi connectivity index (χ0v) is 8.78. The quantitative estimate of drug-likeness (QED) is 0.497. The van der Waals surface area contributed by atoms with Gasteiger partial charge in [0.25, 0.3) is 0 Å². The molecule has 1 fully saturated rings. The van der Waals surface area contributed by atoms with Crippen LogP contribution in [0.15, 0.2) is 0 Å². The summed E-state index contributed by atoms with van der Waals surface area (Å²) in [5.74, 6) is -0.151. The van der Waals surface area contributed by atoms with Crippen molar-refractivity contribution in [3.63, 3.8) is 0 Å². The molecule has 0 aromatic carbocycles. The molecule has 15 heavy (non-hydrogen) atoms. The van der Waals surface area contributed by atoms with Crippen molar-refractivity contribution in [2.24, 2.45) is 0 Å². The van der Waals surface area contributed by atoms with Gasteiger partial charge in [0.2, 0.25) is 11.8 Å². The van der Waals surface area contributed by atoms with Gasteiger partial charge in [-0.05, 0) is 12.8 Å². The third-order valence-corrected chi connectivity index (χ3v) is 2.29. The van der Waals surface area contributed by atoms with Crippen molar-refractivity contribution < 1.29 is 19.4 Å². The maximum absolute atomic E-state index is 11.3. The van der Waals surface area contributed by atoms with Crippen molar-refractivity contribution in [2.75, 3.05) is 26.4 Å². The van der Waals surface area contributed by atoms with Crippen molar-refractivity contribution in [3.8, 4) is 0 Å². The van der Waals surface area contributed by atoms with Crippen LogP contribution in [0.5, 0.6) is 0 Å². The Labute approximate surface area is 89.0 Å². The number of aliphatic hydroxyl groups is 1. The fourth-order valence-electron chi connectivity index (χ4n) is 1.54. The fraction of sp³-hybridized carbons (Fsp3) is 0.800. The summed E-state index contributed by atoms with van der Waals surface area (Å²) < 4.78 is 5.05. The third kappa shape index (κ3) is 3.97. The number of nitrogens with zero attached hydrogens (tertiary/aromatic N) is 1. The summed E-state index contributed by atoms with van der Waals surface area (Å²) in [5, 5.41) is 8.45. The first-order valence-electron chi connectivity index (χ1n) is 5.27. The van der Waals surface area contributed by atoms with E-state index in [9.17, 15) is 9.59 Å². The minimum atomic E-state index is -0.0755. The lowest BCUT2D eigenvalue weighted by Crippen LogP contribution is -2.40. The number of likely N-dealkylation sites (tertiary alicyclic amines) is 1. The average Bonchev–Trinajstić information content (AvgIpc) is 2.21. The monoisotopic (exact) mass is 215 g/mol. The van der Waals surface area contributed by atoms with Crippen LogP contribution in [0.3, 0.4) is 0 Å². The highest BCUT2D eigenvalue weighted by molar-refractivity contribution is 5.97. The average molecular weight is 215 g/mol. The number of rotatable bonds is 6. The molecular weight excluding hydrogens is 198 g/mol. The summed E-state index contributed by atoms with van der Waals surface area (Å²) in [6.07, 6.45) is 2.26. The highest BCUT2D eigenvalue weighted by Gasteiger charge is 2.24. The molecule has 5 nitrogen and oxygen atoms in total. The van der Waals surface area contributed by atoms with Crippen molar-refractivity contribution in [1.82, 2.24) is 4.90 Å². The molecule has 1 aliphatic rings. The first kappa shape index (κ1) is 12.1. The Balaban J connectivity index is 2.18. The lowest BCUT2D eigenvalue weighted by atomic mass is 10.1. The molecular formula is C10H17NO4. The SMILES string of the molecule is O=C1CCCC(=O)N1CCCOCCO. The van der Waals surface area contributed by atoms with Gasteiger partial charge in [0.1, 0.15) is 0 Å². The molecule has 5 heteroatoms. The van der Waals surface area contributed by atoms with Crippen LogP contribution in [0, 0.1) is 0 Å². The van der Waals surface area contributed by atoms with Crippen LogP contribution in [-0.2, 0) is 14.3 Å². The Bertz CT molecular complexity index is 213. The molecule has 2 amide bonds. The van der Waals surface area contributed by atoms with E-state index in [0.717, 1.165) is 0 Å². The Morgan fingerprint density at radius 3 is 2.47 bits per heavy atom. The largest absolute Gasteiger partial charge is 0.394 e. The van der Waals surface area contributed by atoms with Crippen molar-refractivity contribution in [1.29, 1.82) is 0 Å². The standard InChI is InChI=1S/C10H17NO4/c12-6-8-15-7-2-5-11-9(13)3-1-4-10(11)14/h12H,1-8H2. The molecule has 0 unspecified atom stereocenters. The molecule has 1 heterocycles. The Kier molecular flexibility index (Phi) is 5.28. The highest BCUT2D eigenvalue weighted by atomic mass is 16.5. The van der Waals surface area contributed by atoms with Crippen LogP contribution in [0.2, 0.25) is 0 Å². The van der Waals surface area contributed by atoms with Crippen LogP contribution in [-0.4, -0.2) is 48.2 Å². The van der Waals surface area contributed by atoms with E-state index in [4.69, 9.17) is 9.84 Å². The van der Waals surface area contributed by atoms with Gasteiger partial charge in [-0.25, -0.2) is 0 Å². The Morgan fingerprint density at radius 1 is 1.20 bits per heavy atom. The second-order valence-corrected chi connectivity index (χ2v) is 3.48. The molecule has 86 valence electrons. The van der Waals surface area contributed by atoms with Gasteiger partial charge in [-0.2, -0.15) is 0 Å². The molecule has 0 aliphatic carbocycles. The van der Waals surface area contributed by atoms with Crippen LogP contribution < -0.4 is 0 Å². The van der Waals surface area contributed by atoms with Crippen LogP contribution in [0.4, 0.5) is 0 Å². The summed E-state index contributed by atoms with van der Waals surface area (Å²) in [6.45, 7) is 1.21. The van der Waals surface area contributed by atoms with Crippen molar-refractivity contribution in [3.05, 3.63) is 0 Å². The molecule has 1 N–H and O–H groups in total. The molecule has 1 rings (SSSR count). The number of hydrogen-bond acceptors (Lipinski definition) is 4. The second-order valence-electron chi connectivity index (χ2n) is 3.48. The molecule has 1 aliphatic heterocycles. The zero-order valence-electron chi connectivity index (χ0n) is 8.78. The number of carbonyl (C=O) groups is 2. The number of imide groups is 1. The molecule has 0 saturated carbocycles. The van der Waals surface area contributed by atoms with E-state index in [1.807, 2.05) is 0 Å². The summed E-state index contributed by atoms with van der Waals surface area (Å²) in [6, 6.07) is 0. The van der Waals surface area contributed by atoms with E-state index in [-0.39, 0.29) is 18.4 Å². The summed E-state index contributed by atoms with van der Waals surface area (Å²) in [4.78, 5) is 24.0. The summed E-state index contributed by atoms with van der Waals surface area (Å²) >= 11 is 0. The van der Waals surface area contributed by atoms with Crippen LogP contribution in [0.1, 0.15) is 25.7 Å². The second kappa shape index (κ2) is 6.53. The van der Waals surface area contributed by atoms with E-state index in [0.29, 0.717) is 45.4 Å². The lowest BCUT2D eigenvalue weighted by molar-refractivity contribution is -0.148. The van der Waals surface area contributed by atoms with E-state index in [1.54, 1.807) is 0 Å². The van der Waals surface area contributed by atoms with E-state index in [1.165, 1.54) is 4.90 Å². The molecule has 1 saturated heterocycles. The van der Waals surface area contributed by atoms with Gasteiger partial charge in [-0.3, -0.25) is 14.5 Å². The number of ether oxygens (including phenoxy) is 1. The number of piperidine rings is 1. The molecule has 0 aromatic heterocycles. The summed E-state index contributed by atoms with van der Waals surface area (Å²) in [7, 11) is 0. The van der Waals surface area contributed by atoms with E-state index in [2.05, 4.69) is 0 Å². The van der Waals surface area contributed by atoms with Gasteiger partial charge in [0.15, 0.2) is 0 Å².